The molecule has 1 fully saturated rings. The lowest BCUT2D eigenvalue weighted by molar-refractivity contribution is -0.137. The molecule has 4 nitrogen and oxygen atoms in total. The summed E-state index contributed by atoms with van der Waals surface area (Å²) in [5, 5.41) is 11.5. The van der Waals surface area contributed by atoms with Crippen molar-refractivity contribution < 1.29 is 14.7 Å². The van der Waals surface area contributed by atoms with Crippen molar-refractivity contribution in [3.05, 3.63) is 29.8 Å². The largest absolute Gasteiger partial charge is 0.481 e. The molecule has 4 heteroatoms. The third-order valence-corrected chi connectivity index (χ3v) is 3.01. The van der Waals surface area contributed by atoms with Crippen LogP contribution in [0.3, 0.4) is 0 Å². The van der Waals surface area contributed by atoms with Crippen molar-refractivity contribution in [2.45, 2.75) is 32.1 Å². The molecule has 1 aromatic rings. The molecule has 96 valence electrons. The molecule has 0 aromatic heterocycles. The highest BCUT2D eigenvalue weighted by atomic mass is 16.4. The number of carboxylic acid groups (broad SMARTS) is 1. The smallest absolute Gasteiger partial charge is 0.303 e. The number of rotatable bonds is 6. The molecule has 2 N–H and O–H groups in total. The van der Waals surface area contributed by atoms with Gasteiger partial charge in [-0.1, -0.05) is 12.1 Å². The van der Waals surface area contributed by atoms with Gasteiger partial charge in [-0.2, -0.15) is 0 Å². The van der Waals surface area contributed by atoms with E-state index in [0.717, 1.165) is 24.1 Å². The second-order valence-corrected chi connectivity index (χ2v) is 4.79. The van der Waals surface area contributed by atoms with Gasteiger partial charge >= 0.3 is 5.97 Å². The summed E-state index contributed by atoms with van der Waals surface area (Å²) in [6, 6.07) is 7.38. The summed E-state index contributed by atoms with van der Waals surface area (Å²) in [6.07, 6.45) is 3.51. The molecule has 0 spiro atoms. The predicted octanol–water partition coefficient (Wildman–Crippen LogP) is 2.44. The van der Waals surface area contributed by atoms with Crippen molar-refractivity contribution in [3.63, 3.8) is 0 Å². The number of hydrogen-bond donors (Lipinski definition) is 2. The first-order valence-corrected chi connectivity index (χ1v) is 6.24. The quantitative estimate of drug-likeness (QED) is 0.811. The van der Waals surface area contributed by atoms with Gasteiger partial charge in [0.1, 0.15) is 0 Å². The summed E-state index contributed by atoms with van der Waals surface area (Å²) in [6.45, 7) is 0. The van der Waals surface area contributed by atoms with E-state index in [-0.39, 0.29) is 12.3 Å². The fraction of sp³-hybridized carbons (Fsp3) is 0.429. The second-order valence-electron chi connectivity index (χ2n) is 4.79. The maximum Gasteiger partial charge on any atom is 0.303 e. The number of benzene rings is 1. The van der Waals surface area contributed by atoms with E-state index >= 15 is 0 Å². The monoisotopic (exact) mass is 247 g/mol. The Morgan fingerprint density at radius 3 is 2.78 bits per heavy atom. The van der Waals surface area contributed by atoms with Gasteiger partial charge in [-0.3, -0.25) is 9.59 Å². The minimum Gasteiger partial charge on any atom is -0.481 e. The van der Waals surface area contributed by atoms with E-state index in [0.29, 0.717) is 18.8 Å². The Morgan fingerprint density at radius 2 is 2.11 bits per heavy atom. The number of anilines is 1. The molecule has 1 aromatic carbocycles. The van der Waals surface area contributed by atoms with E-state index in [1.54, 1.807) is 0 Å². The average Bonchev–Trinajstić information content (AvgIpc) is 3.10. The first-order valence-electron chi connectivity index (χ1n) is 6.24. The number of carbonyl (C=O) groups excluding carboxylic acids is 1. The molecule has 18 heavy (non-hydrogen) atoms. The molecule has 0 saturated heterocycles. The predicted molar refractivity (Wildman–Crippen MR) is 68.4 cm³/mol. The highest BCUT2D eigenvalue weighted by Crippen LogP contribution is 2.32. The van der Waals surface area contributed by atoms with Crippen LogP contribution in [0.15, 0.2) is 24.3 Å². The van der Waals surface area contributed by atoms with E-state index in [9.17, 15) is 9.59 Å². The Labute approximate surface area is 106 Å². The van der Waals surface area contributed by atoms with Crippen LogP contribution in [0.4, 0.5) is 5.69 Å². The molecule has 1 aliphatic rings. The molecule has 0 atom stereocenters. The molecule has 0 bridgehead atoms. The van der Waals surface area contributed by atoms with Gasteiger partial charge in [-0.25, -0.2) is 0 Å². The minimum absolute atomic E-state index is 0.0490. The van der Waals surface area contributed by atoms with E-state index < -0.39 is 5.97 Å². The lowest BCUT2D eigenvalue weighted by Crippen LogP contribution is -2.12. The Kier molecular flexibility index (Phi) is 3.97. The number of aryl methyl sites for hydroxylation is 1. The molecular formula is C14H17NO3. The van der Waals surface area contributed by atoms with Gasteiger partial charge in [0.2, 0.25) is 5.91 Å². The van der Waals surface area contributed by atoms with Crippen LogP contribution in [0.2, 0.25) is 0 Å². The standard InChI is InChI=1S/C14H17NO3/c16-13(9-11-4-5-11)15-12-3-1-2-10(8-12)6-7-14(17)18/h1-3,8,11H,4-7,9H2,(H,15,16)(H,17,18). The van der Waals surface area contributed by atoms with E-state index in [4.69, 9.17) is 5.11 Å². The Morgan fingerprint density at radius 1 is 1.33 bits per heavy atom. The molecular weight excluding hydrogens is 230 g/mol. The highest BCUT2D eigenvalue weighted by molar-refractivity contribution is 5.91. The van der Waals surface area contributed by atoms with Gasteiger partial charge in [0, 0.05) is 18.5 Å². The first kappa shape index (κ1) is 12.6. The lowest BCUT2D eigenvalue weighted by atomic mass is 10.1. The molecule has 1 saturated carbocycles. The number of carboxylic acids is 1. The zero-order chi connectivity index (χ0) is 13.0. The summed E-state index contributed by atoms with van der Waals surface area (Å²) in [4.78, 5) is 22.1. The Balaban J connectivity index is 1.89. The topological polar surface area (TPSA) is 66.4 Å². The molecule has 1 amide bonds. The molecule has 2 rings (SSSR count). The first-order chi connectivity index (χ1) is 8.63. The van der Waals surface area contributed by atoms with Crippen LogP contribution in [-0.2, 0) is 16.0 Å². The Bertz CT molecular complexity index is 452. The van der Waals surface area contributed by atoms with Gasteiger partial charge in [-0.05, 0) is 42.9 Å². The van der Waals surface area contributed by atoms with Crippen molar-refractivity contribution in [3.8, 4) is 0 Å². The van der Waals surface area contributed by atoms with Crippen LogP contribution < -0.4 is 5.32 Å². The third-order valence-electron chi connectivity index (χ3n) is 3.01. The van der Waals surface area contributed by atoms with E-state index in [2.05, 4.69) is 5.32 Å². The molecule has 0 unspecified atom stereocenters. The number of amides is 1. The lowest BCUT2D eigenvalue weighted by Gasteiger charge is -2.06. The fourth-order valence-corrected chi connectivity index (χ4v) is 1.85. The van der Waals surface area contributed by atoms with E-state index in [1.165, 1.54) is 0 Å². The number of nitrogens with one attached hydrogen (secondary N) is 1. The maximum absolute atomic E-state index is 11.6. The van der Waals surface area contributed by atoms with Crippen LogP contribution in [0.5, 0.6) is 0 Å². The van der Waals surface area contributed by atoms with E-state index in [1.807, 2.05) is 24.3 Å². The summed E-state index contributed by atoms with van der Waals surface area (Å²) in [5.41, 5.74) is 1.69. The summed E-state index contributed by atoms with van der Waals surface area (Å²) in [5.74, 6) is -0.189. The van der Waals surface area contributed by atoms with Crippen LogP contribution in [0.1, 0.15) is 31.2 Å². The highest BCUT2D eigenvalue weighted by Gasteiger charge is 2.24. The van der Waals surface area contributed by atoms with Crippen LogP contribution in [-0.4, -0.2) is 17.0 Å². The average molecular weight is 247 g/mol. The normalized spacial score (nSPS) is 14.2. The Hall–Kier alpha value is -1.84. The van der Waals surface area contributed by atoms with Crippen LogP contribution in [0.25, 0.3) is 0 Å². The van der Waals surface area contributed by atoms with Crippen LogP contribution >= 0.6 is 0 Å². The summed E-state index contributed by atoms with van der Waals surface area (Å²) >= 11 is 0. The van der Waals surface area contributed by atoms with Gasteiger partial charge in [0.05, 0.1) is 0 Å². The minimum atomic E-state index is -0.807. The summed E-state index contributed by atoms with van der Waals surface area (Å²) in [7, 11) is 0. The zero-order valence-corrected chi connectivity index (χ0v) is 10.2. The molecule has 0 radical (unpaired) electrons. The van der Waals surface area contributed by atoms with Crippen LogP contribution in [0, 0.1) is 5.92 Å². The third kappa shape index (κ3) is 4.20. The number of hydrogen-bond acceptors (Lipinski definition) is 2. The van der Waals surface area contributed by atoms with Crippen molar-refractivity contribution in [2.24, 2.45) is 5.92 Å². The van der Waals surface area contributed by atoms with Crippen molar-refractivity contribution in [2.75, 3.05) is 5.32 Å². The summed E-state index contributed by atoms with van der Waals surface area (Å²) < 4.78 is 0. The van der Waals surface area contributed by atoms with Crippen molar-refractivity contribution in [1.29, 1.82) is 0 Å². The maximum atomic E-state index is 11.6. The molecule has 0 aliphatic heterocycles. The van der Waals surface area contributed by atoms with Gasteiger partial charge < -0.3 is 10.4 Å². The second kappa shape index (κ2) is 5.67. The van der Waals surface area contributed by atoms with Gasteiger partial charge in [0.15, 0.2) is 0 Å². The SMILES string of the molecule is O=C(O)CCc1cccc(NC(=O)CC2CC2)c1. The van der Waals surface area contributed by atoms with Crippen molar-refractivity contribution in [1.82, 2.24) is 0 Å². The van der Waals surface area contributed by atoms with Gasteiger partial charge in [0.25, 0.3) is 0 Å². The molecule has 0 heterocycles. The van der Waals surface area contributed by atoms with Gasteiger partial charge in [-0.15, -0.1) is 0 Å². The number of aliphatic carboxylic acids is 1. The molecule has 1 aliphatic carbocycles. The zero-order valence-electron chi connectivity index (χ0n) is 10.2. The fourth-order valence-electron chi connectivity index (χ4n) is 1.85. The number of carbonyl (C=O) groups is 2. The van der Waals surface area contributed by atoms with Crippen molar-refractivity contribution >= 4 is 17.6 Å².